The van der Waals surface area contributed by atoms with Gasteiger partial charge in [0.15, 0.2) is 11.6 Å². The second-order valence-corrected chi connectivity index (χ2v) is 9.33. The third-order valence-electron chi connectivity index (χ3n) is 6.13. The monoisotopic (exact) mass is 433 g/mol. The lowest BCUT2D eigenvalue weighted by molar-refractivity contribution is -0.123. The number of Topliss-reactive ketones (excluding diaryl/α,β-unsaturated/α-hetero) is 2. The van der Waals surface area contributed by atoms with Crippen LogP contribution in [0.2, 0.25) is 0 Å². The Kier molecular flexibility index (Phi) is 11.9. The lowest BCUT2D eigenvalue weighted by atomic mass is 9.71. The molecule has 0 saturated carbocycles. The number of carbonyl (C=O) groups excluding carboxylic acids is 3. The first-order valence-corrected chi connectivity index (χ1v) is 11.8. The van der Waals surface area contributed by atoms with Gasteiger partial charge in [0.2, 0.25) is 5.91 Å². The molecule has 0 aliphatic heterocycles. The van der Waals surface area contributed by atoms with Gasteiger partial charge in [-0.1, -0.05) is 39.5 Å². The third-order valence-corrected chi connectivity index (χ3v) is 6.13. The van der Waals surface area contributed by atoms with Crippen molar-refractivity contribution in [2.45, 2.75) is 86.0 Å². The van der Waals surface area contributed by atoms with Gasteiger partial charge < -0.3 is 16.4 Å². The van der Waals surface area contributed by atoms with Crippen LogP contribution >= 0.6 is 0 Å². The van der Waals surface area contributed by atoms with Crippen molar-refractivity contribution in [3.05, 3.63) is 22.3 Å². The zero-order valence-electron chi connectivity index (χ0n) is 20.3. The molecule has 1 amide bonds. The second-order valence-electron chi connectivity index (χ2n) is 9.33. The van der Waals surface area contributed by atoms with Gasteiger partial charge in [0, 0.05) is 40.7 Å². The molecule has 0 aromatic rings. The minimum Gasteiger partial charge on any atom is -0.356 e. The number of hydrogen-bond donors (Lipinski definition) is 3. The van der Waals surface area contributed by atoms with Gasteiger partial charge >= 0.3 is 0 Å². The molecule has 0 bridgehead atoms. The number of ketones is 2. The number of carbonyl (C=O) groups is 3. The summed E-state index contributed by atoms with van der Waals surface area (Å²) in [5, 5.41) is 6.37. The number of unbranched alkanes of at least 4 members (excludes halogenated alkanes) is 5. The van der Waals surface area contributed by atoms with E-state index in [0.717, 1.165) is 32.5 Å². The van der Waals surface area contributed by atoms with Crippen molar-refractivity contribution in [1.29, 1.82) is 0 Å². The molecule has 0 saturated heterocycles. The Hall–Kier alpha value is -1.79. The molecular weight excluding hydrogens is 390 g/mol. The Morgan fingerprint density at radius 2 is 1.32 bits per heavy atom. The van der Waals surface area contributed by atoms with E-state index in [-0.39, 0.29) is 23.9 Å². The maximum Gasteiger partial charge on any atom is 0.220 e. The van der Waals surface area contributed by atoms with Crippen molar-refractivity contribution in [1.82, 2.24) is 10.6 Å². The van der Waals surface area contributed by atoms with Crippen molar-refractivity contribution < 1.29 is 14.4 Å². The van der Waals surface area contributed by atoms with Gasteiger partial charge in [0.05, 0.1) is 0 Å². The maximum atomic E-state index is 12.8. The Bertz CT molecular complexity index is 705. The normalized spacial score (nSPS) is 15.2. The summed E-state index contributed by atoms with van der Waals surface area (Å²) >= 11 is 0. The fraction of sp³-hybridized carbons (Fsp3) is 0.720. The summed E-state index contributed by atoms with van der Waals surface area (Å²) in [6.07, 6.45) is 8.37. The molecule has 31 heavy (non-hydrogen) atoms. The van der Waals surface area contributed by atoms with E-state index in [9.17, 15) is 14.4 Å². The van der Waals surface area contributed by atoms with Gasteiger partial charge in [-0.2, -0.15) is 0 Å². The van der Waals surface area contributed by atoms with Crippen LogP contribution in [0.15, 0.2) is 22.3 Å². The number of nitrogens with one attached hydrogen (secondary N) is 2. The Morgan fingerprint density at radius 1 is 0.774 bits per heavy atom. The van der Waals surface area contributed by atoms with E-state index in [1.54, 1.807) is 20.8 Å². The van der Waals surface area contributed by atoms with Crippen molar-refractivity contribution in [2.24, 2.45) is 11.1 Å². The van der Waals surface area contributed by atoms with E-state index in [4.69, 9.17) is 5.73 Å². The fourth-order valence-corrected chi connectivity index (χ4v) is 4.13. The minimum atomic E-state index is -0.689. The standard InChI is InChI=1S/C25H43N3O3/c1-18-19(2)24(31)22(20(3)23(18)30)25(4,5)17-21(29)28-16-12-15-27-14-11-9-7-6-8-10-13-26/h27H,6-17,26H2,1-5H3,(H,28,29). The van der Waals surface area contributed by atoms with Crippen LogP contribution < -0.4 is 16.4 Å². The number of rotatable bonds is 15. The van der Waals surface area contributed by atoms with Crippen LogP contribution in [0.1, 0.15) is 86.0 Å². The van der Waals surface area contributed by atoms with Crippen molar-refractivity contribution in [3.8, 4) is 0 Å². The van der Waals surface area contributed by atoms with Gasteiger partial charge in [-0.3, -0.25) is 14.4 Å². The number of amides is 1. The average molecular weight is 434 g/mol. The molecule has 176 valence electrons. The summed E-state index contributed by atoms with van der Waals surface area (Å²) in [4.78, 5) is 37.7. The van der Waals surface area contributed by atoms with Crippen LogP contribution in [0.5, 0.6) is 0 Å². The average Bonchev–Trinajstić information content (AvgIpc) is 2.71. The van der Waals surface area contributed by atoms with Crippen LogP contribution in [0.4, 0.5) is 0 Å². The topological polar surface area (TPSA) is 101 Å². The first-order valence-electron chi connectivity index (χ1n) is 11.8. The zero-order chi connectivity index (χ0) is 23.4. The molecule has 0 unspecified atom stereocenters. The van der Waals surface area contributed by atoms with E-state index < -0.39 is 5.41 Å². The molecule has 6 heteroatoms. The molecule has 6 nitrogen and oxygen atoms in total. The highest BCUT2D eigenvalue weighted by atomic mass is 16.2. The van der Waals surface area contributed by atoms with Crippen LogP contribution in [-0.4, -0.2) is 43.7 Å². The molecule has 0 spiro atoms. The molecule has 1 aliphatic carbocycles. The zero-order valence-corrected chi connectivity index (χ0v) is 20.3. The van der Waals surface area contributed by atoms with Gasteiger partial charge in [-0.05, 0) is 59.7 Å². The second kappa shape index (κ2) is 13.6. The van der Waals surface area contributed by atoms with Crippen LogP contribution in [0, 0.1) is 5.41 Å². The van der Waals surface area contributed by atoms with Crippen LogP contribution in [0.25, 0.3) is 0 Å². The Balaban J connectivity index is 2.29. The molecule has 0 fully saturated rings. The van der Waals surface area contributed by atoms with Crippen molar-refractivity contribution >= 4 is 17.5 Å². The first-order chi connectivity index (χ1) is 14.6. The lowest BCUT2D eigenvalue weighted by Gasteiger charge is -2.31. The highest BCUT2D eigenvalue weighted by Crippen LogP contribution is 2.38. The molecule has 0 atom stereocenters. The quantitative estimate of drug-likeness (QED) is 0.271. The Labute approximate surface area is 188 Å². The van der Waals surface area contributed by atoms with Gasteiger partial charge in [0.1, 0.15) is 0 Å². The summed E-state index contributed by atoms with van der Waals surface area (Å²) < 4.78 is 0. The number of hydrogen-bond acceptors (Lipinski definition) is 5. The summed E-state index contributed by atoms with van der Waals surface area (Å²) in [7, 11) is 0. The van der Waals surface area contributed by atoms with E-state index in [1.165, 1.54) is 32.1 Å². The summed E-state index contributed by atoms with van der Waals surface area (Å²) in [6.45, 7) is 12.1. The van der Waals surface area contributed by atoms with Gasteiger partial charge in [-0.25, -0.2) is 0 Å². The molecule has 0 heterocycles. The van der Waals surface area contributed by atoms with E-state index >= 15 is 0 Å². The molecule has 4 N–H and O–H groups in total. The summed E-state index contributed by atoms with van der Waals surface area (Å²) in [6, 6.07) is 0. The molecule has 1 aliphatic rings. The SMILES string of the molecule is CC1=C(C)C(=O)C(C(C)(C)CC(=O)NCCCNCCCCCCCCN)=C(C)C1=O. The molecule has 0 aromatic heterocycles. The lowest BCUT2D eigenvalue weighted by Crippen LogP contribution is -2.35. The molecule has 1 rings (SSSR count). The van der Waals surface area contributed by atoms with Crippen LogP contribution in [0.3, 0.4) is 0 Å². The predicted octanol–water partition coefficient (Wildman–Crippen LogP) is 3.60. The van der Waals surface area contributed by atoms with Crippen molar-refractivity contribution in [3.63, 3.8) is 0 Å². The maximum absolute atomic E-state index is 12.8. The highest BCUT2D eigenvalue weighted by Gasteiger charge is 2.38. The van der Waals surface area contributed by atoms with E-state index in [1.807, 2.05) is 13.8 Å². The molecule has 0 radical (unpaired) electrons. The Morgan fingerprint density at radius 3 is 1.97 bits per heavy atom. The third kappa shape index (κ3) is 8.69. The highest BCUT2D eigenvalue weighted by molar-refractivity contribution is 6.25. The summed E-state index contributed by atoms with van der Waals surface area (Å²) in [5.74, 6) is -0.301. The minimum absolute atomic E-state index is 0.0908. The molecular formula is C25H43N3O3. The van der Waals surface area contributed by atoms with Gasteiger partial charge in [-0.15, -0.1) is 0 Å². The largest absolute Gasteiger partial charge is 0.356 e. The van der Waals surface area contributed by atoms with Crippen molar-refractivity contribution in [2.75, 3.05) is 26.2 Å². The predicted molar refractivity (Wildman–Crippen MR) is 127 cm³/mol. The summed E-state index contributed by atoms with van der Waals surface area (Å²) in [5.41, 5.74) is 6.73. The van der Waals surface area contributed by atoms with E-state index in [2.05, 4.69) is 10.6 Å². The number of allylic oxidation sites excluding steroid dienone is 4. The molecule has 0 aromatic carbocycles. The fourth-order valence-electron chi connectivity index (χ4n) is 4.13. The van der Waals surface area contributed by atoms with E-state index in [0.29, 0.717) is 28.8 Å². The smallest absolute Gasteiger partial charge is 0.220 e. The first kappa shape index (κ1) is 27.2. The number of nitrogens with two attached hydrogens (primary N) is 1. The van der Waals surface area contributed by atoms with Crippen LogP contribution in [-0.2, 0) is 14.4 Å². The van der Waals surface area contributed by atoms with Gasteiger partial charge in [0.25, 0.3) is 0 Å².